The van der Waals surface area contributed by atoms with Gasteiger partial charge in [-0.3, -0.25) is 9.59 Å². The second kappa shape index (κ2) is 6.75. The highest BCUT2D eigenvalue weighted by molar-refractivity contribution is 6.42. The molecule has 0 aliphatic carbocycles. The Kier molecular flexibility index (Phi) is 5.19. The molecule has 0 spiro atoms. The van der Waals surface area contributed by atoms with E-state index in [2.05, 4.69) is 0 Å². The van der Waals surface area contributed by atoms with E-state index in [1.54, 1.807) is 19.0 Å². The Morgan fingerprint density at radius 2 is 2.09 bits per heavy atom. The lowest BCUT2D eigenvalue weighted by molar-refractivity contribution is -0.131. The van der Waals surface area contributed by atoms with Crippen LogP contribution in [0.5, 0.6) is 5.75 Å². The van der Waals surface area contributed by atoms with Crippen LogP contribution in [0.25, 0.3) is 0 Å². The first-order valence-corrected chi connectivity index (χ1v) is 7.71. The molecule has 0 aromatic heterocycles. The predicted octanol–water partition coefficient (Wildman–Crippen LogP) is 2.49. The van der Waals surface area contributed by atoms with Crippen LogP contribution in [0.2, 0.25) is 10.0 Å². The van der Waals surface area contributed by atoms with Gasteiger partial charge in [-0.1, -0.05) is 23.2 Å². The monoisotopic (exact) mass is 344 g/mol. The molecule has 0 radical (unpaired) electrons. The minimum atomic E-state index is -0.215. The third-order valence-electron chi connectivity index (χ3n) is 3.83. The summed E-state index contributed by atoms with van der Waals surface area (Å²) < 4.78 is 0. The Labute approximate surface area is 139 Å². The summed E-state index contributed by atoms with van der Waals surface area (Å²) in [5.41, 5.74) is 0.504. The molecule has 0 bridgehead atoms. The topological polar surface area (TPSA) is 60.9 Å². The minimum Gasteiger partial charge on any atom is -0.508 e. The van der Waals surface area contributed by atoms with Gasteiger partial charge in [-0.2, -0.15) is 0 Å². The van der Waals surface area contributed by atoms with E-state index >= 15 is 0 Å². The van der Waals surface area contributed by atoms with Gasteiger partial charge in [0.15, 0.2) is 0 Å². The molecule has 2 amide bonds. The molecule has 7 heteroatoms. The van der Waals surface area contributed by atoms with Gasteiger partial charge >= 0.3 is 0 Å². The van der Waals surface area contributed by atoms with Crippen LogP contribution < -0.4 is 0 Å². The molecule has 1 atom stereocenters. The Bertz CT molecular complexity index is 605. The normalized spacial score (nSPS) is 17.9. The fraction of sp³-hybridized carbons (Fsp3) is 0.467. The predicted molar refractivity (Wildman–Crippen MR) is 85.4 cm³/mol. The van der Waals surface area contributed by atoms with Gasteiger partial charge in [0.05, 0.1) is 10.0 Å². The molecule has 1 aliphatic rings. The first-order valence-electron chi connectivity index (χ1n) is 6.96. The standard InChI is InChI=1S/C15H18Cl2N2O3/c1-18(2)12(21)5-6-19-8-9(7-13(19)22)14-11(20)4-3-10(16)15(14)17/h3-4,9,20H,5-8H2,1-2H3. The van der Waals surface area contributed by atoms with Gasteiger partial charge in [0, 0.05) is 51.5 Å². The van der Waals surface area contributed by atoms with Gasteiger partial charge < -0.3 is 14.9 Å². The summed E-state index contributed by atoms with van der Waals surface area (Å²) in [7, 11) is 3.36. The average Bonchev–Trinajstić information content (AvgIpc) is 2.81. The van der Waals surface area contributed by atoms with Crippen molar-refractivity contribution < 1.29 is 14.7 Å². The van der Waals surface area contributed by atoms with Crippen LogP contribution in [-0.2, 0) is 9.59 Å². The van der Waals surface area contributed by atoms with Crippen molar-refractivity contribution in [3.05, 3.63) is 27.7 Å². The van der Waals surface area contributed by atoms with Crippen molar-refractivity contribution in [1.82, 2.24) is 9.80 Å². The van der Waals surface area contributed by atoms with Gasteiger partial charge in [-0.15, -0.1) is 0 Å². The summed E-state index contributed by atoms with van der Waals surface area (Å²) in [6.07, 6.45) is 0.532. The number of aromatic hydroxyl groups is 1. The maximum Gasteiger partial charge on any atom is 0.223 e. The van der Waals surface area contributed by atoms with Crippen molar-refractivity contribution in [2.75, 3.05) is 27.2 Å². The number of phenolic OH excluding ortho intramolecular Hbond substituents is 1. The lowest BCUT2D eigenvalue weighted by Crippen LogP contribution is -2.31. The average molecular weight is 345 g/mol. The number of amides is 2. The fourth-order valence-corrected chi connectivity index (χ4v) is 3.06. The molecule has 1 unspecified atom stereocenters. The molecule has 120 valence electrons. The maximum absolute atomic E-state index is 12.1. The summed E-state index contributed by atoms with van der Waals surface area (Å²) in [4.78, 5) is 26.8. The summed E-state index contributed by atoms with van der Waals surface area (Å²) >= 11 is 12.1. The molecule has 0 saturated carbocycles. The second-order valence-electron chi connectivity index (χ2n) is 5.57. The molecular weight excluding hydrogens is 327 g/mol. The molecule has 1 aromatic rings. The Hall–Kier alpha value is -1.46. The Morgan fingerprint density at radius 3 is 2.73 bits per heavy atom. The van der Waals surface area contributed by atoms with Crippen molar-refractivity contribution in [2.45, 2.75) is 18.8 Å². The summed E-state index contributed by atoms with van der Waals surface area (Å²) in [5.74, 6) is -0.251. The fourth-order valence-electron chi connectivity index (χ4n) is 2.58. The zero-order valence-electron chi connectivity index (χ0n) is 12.5. The lowest BCUT2D eigenvalue weighted by atomic mass is 9.97. The Morgan fingerprint density at radius 1 is 1.41 bits per heavy atom. The van der Waals surface area contributed by atoms with Crippen molar-refractivity contribution in [3.63, 3.8) is 0 Å². The van der Waals surface area contributed by atoms with Crippen LogP contribution in [0.4, 0.5) is 0 Å². The van der Waals surface area contributed by atoms with Crippen LogP contribution in [-0.4, -0.2) is 53.9 Å². The van der Waals surface area contributed by atoms with Crippen molar-refractivity contribution >= 4 is 35.0 Å². The molecule has 1 saturated heterocycles. The SMILES string of the molecule is CN(C)C(=O)CCN1CC(c2c(O)ccc(Cl)c2Cl)CC1=O. The second-order valence-corrected chi connectivity index (χ2v) is 6.36. The summed E-state index contributed by atoms with van der Waals surface area (Å²) in [6.45, 7) is 0.790. The van der Waals surface area contributed by atoms with Gasteiger partial charge in [0.1, 0.15) is 5.75 Å². The van der Waals surface area contributed by atoms with Crippen molar-refractivity contribution in [2.24, 2.45) is 0 Å². The van der Waals surface area contributed by atoms with E-state index in [-0.39, 0.29) is 41.3 Å². The van der Waals surface area contributed by atoms with Crippen LogP contribution in [0, 0.1) is 0 Å². The van der Waals surface area contributed by atoms with Crippen molar-refractivity contribution in [1.29, 1.82) is 0 Å². The third kappa shape index (κ3) is 3.47. The molecule has 1 aliphatic heterocycles. The van der Waals surface area contributed by atoms with E-state index in [4.69, 9.17) is 23.2 Å². The zero-order valence-corrected chi connectivity index (χ0v) is 14.0. The molecule has 1 aromatic carbocycles. The number of carbonyl (C=O) groups excluding carboxylic acids is 2. The van der Waals surface area contributed by atoms with E-state index < -0.39 is 0 Å². The van der Waals surface area contributed by atoms with Crippen molar-refractivity contribution in [3.8, 4) is 5.75 Å². The molecule has 5 nitrogen and oxygen atoms in total. The molecule has 1 N–H and O–H groups in total. The lowest BCUT2D eigenvalue weighted by Gasteiger charge is -2.19. The molecule has 1 fully saturated rings. The number of nitrogens with zero attached hydrogens (tertiary/aromatic N) is 2. The highest BCUT2D eigenvalue weighted by Gasteiger charge is 2.33. The highest BCUT2D eigenvalue weighted by Crippen LogP contribution is 2.41. The maximum atomic E-state index is 12.1. The van der Waals surface area contributed by atoms with Crippen LogP contribution in [0.1, 0.15) is 24.3 Å². The number of carbonyl (C=O) groups is 2. The number of phenols is 1. The van der Waals surface area contributed by atoms with Gasteiger partial charge in [-0.25, -0.2) is 0 Å². The van der Waals surface area contributed by atoms with Gasteiger partial charge in [-0.05, 0) is 12.1 Å². The smallest absolute Gasteiger partial charge is 0.223 e. The first-order chi connectivity index (χ1) is 10.3. The molecule has 2 rings (SSSR count). The summed E-state index contributed by atoms with van der Waals surface area (Å²) in [6, 6.07) is 3.00. The first kappa shape index (κ1) is 16.9. The van der Waals surface area contributed by atoms with E-state index in [0.29, 0.717) is 23.7 Å². The third-order valence-corrected chi connectivity index (χ3v) is 4.65. The van der Waals surface area contributed by atoms with E-state index in [1.165, 1.54) is 17.0 Å². The van der Waals surface area contributed by atoms with E-state index in [1.807, 2.05) is 0 Å². The number of rotatable bonds is 4. The van der Waals surface area contributed by atoms with Crippen LogP contribution in [0.15, 0.2) is 12.1 Å². The van der Waals surface area contributed by atoms with Gasteiger partial charge in [0.25, 0.3) is 0 Å². The number of hydrogen-bond donors (Lipinski definition) is 1. The number of halogens is 2. The quantitative estimate of drug-likeness (QED) is 0.912. The highest BCUT2D eigenvalue weighted by atomic mass is 35.5. The molecular formula is C15H18Cl2N2O3. The van der Waals surface area contributed by atoms with Gasteiger partial charge in [0.2, 0.25) is 11.8 Å². The van der Waals surface area contributed by atoms with Crippen LogP contribution in [0.3, 0.4) is 0 Å². The number of benzene rings is 1. The van der Waals surface area contributed by atoms with E-state index in [0.717, 1.165) is 0 Å². The zero-order chi connectivity index (χ0) is 16.4. The largest absolute Gasteiger partial charge is 0.508 e. The van der Waals surface area contributed by atoms with E-state index in [9.17, 15) is 14.7 Å². The summed E-state index contributed by atoms with van der Waals surface area (Å²) in [5, 5.41) is 10.6. The molecule has 22 heavy (non-hydrogen) atoms. The Balaban J connectivity index is 2.10. The minimum absolute atomic E-state index is 0.0279. The van der Waals surface area contributed by atoms with Crippen LogP contribution >= 0.6 is 23.2 Å². The molecule has 1 heterocycles. The number of likely N-dealkylation sites (tertiary alicyclic amines) is 1. The number of hydrogen-bond acceptors (Lipinski definition) is 3.